The molecule has 1 saturated heterocycles. The van der Waals surface area contributed by atoms with Crippen LogP contribution in [0.4, 0.5) is 0 Å². The third-order valence-electron chi connectivity index (χ3n) is 1.83. The van der Waals surface area contributed by atoms with Crippen molar-refractivity contribution in [3.63, 3.8) is 0 Å². The zero-order chi connectivity index (χ0) is 9.14. The lowest BCUT2D eigenvalue weighted by molar-refractivity contribution is -0.130. The van der Waals surface area contributed by atoms with Gasteiger partial charge in [-0.25, -0.2) is 0 Å². The van der Waals surface area contributed by atoms with Gasteiger partial charge < -0.3 is 4.90 Å². The molecule has 3 nitrogen and oxygen atoms in total. The minimum absolute atomic E-state index is 0.0478. The number of carbonyl (C=O) groups excluding carboxylic acids is 1. The Morgan fingerprint density at radius 1 is 1.50 bits per heavy atom. The van der Waals surface area contributed by atoms with Gasteiger partial charge in [-0.3, -0.25) is 9.00 Å². The van der Waals surface area contributed by atoms with Crippen molar-refractivity contribution >= 4 is 28.3 Å². The van der Waals surface area contributed by atoms with Crippen LogP contribution in [0, 0.1) is 0 Å². The predicted octanol–water partition coefficient (Wildman–Crippen LogP) is 0.205. The van der Waals surface area contributed by atoms with Gasteiger partial charge in [-0.05, 0) is 6.92 Å². The molecule has 0 aromatic heterocycles. The molecule has 12 heavy (non-hydrogen) atoms. The van der Waals surface area contributed by atoms with Gasteiger partial charge in [0, 0.05) is 35.4 Å². The first-order valence-electron chi connectivity index (χ1n) is 3.89. The molecule has 0 aromatic carbocycles. The minimum atomic E-state index is -0.728. The maximum Gasteiger partial charge on any atom is 0.240 e. The van der Waals surface area contributed by atoms with E-state index in [-0.39, 0.29) is 5.91 Å². The summed E-state index contributed by atoms with van der Waals surface area (Å²) >= 11 is 5.63. The SMILES string of the molecule is CC(Cl)C(=O)N1CCS(=O)CC1. The van der Waals surface area contributed by atoms with Gasteiger partial charge >= 0.3 is 0 Å². The Bertz CT molecular complexity index is 198. The van der Waals surface area contributed by atoms with E-state index in [1.165, 1.54) is 0 Å². The molecule has 0 radical (unpaired) electrons. The molecule has 1 rings (SSSR count). The van der Waals surface area contributed by atoms with Crippen molar-refractivity contribution in [1.29, 1.82) is 0 Å². The van der Waals surface area contributed by atoms with Crippen molar-refractivity contribution in [3.05, 3.63) is 0 Å². The molecule has 0 N–H and O–H groups in total. The summed E-state index contributed by atoms with van der Waals surface area (Å²) < 4.78 is 10.9. The molecule has 70 valence electrons. The minimum Gasteiger partial charge on any atom is -0.340 e. The molecule has 1 amide bonds. The fraction of sp³-hybridized carbons (Fsp3) is 0.857. The summed E-state index contributed by atoms with van der Waals surface area (Å²) in [5, 5.41) is -0.462. The van der Waals surface area contributed by atoms with Crippen LogP contribution in [0.1, 0.15) is 6.92 Å². The lowest BCUT2D eigenvalue weighted by atomic mass is 10.4. The van der Waals surface area contributed by atoms with Gasteiger partial charge in [0.2, 0.25) is 5.91 Å². The van der Waals surface area contributed by atoms with Crippen LogP contribution in [0.25, 0.3) is 0 Å². The Morgan fingerprint density at radius 3 is 2.42 bits per heavy atom. The standard InChI is InChI=1S/C7H12ClNO2S/c1-6(8)7(10)9-2-4-12(11)5-3-9/h6H,2-5H2,1H3. The highest BCUT2D eigenvalue weighted by Crippen LogP contribution is 2.05. The quantitative estimate of drug-likeness (QED) is 0.579. The first-order valence-corrected chi connectivity index (χ1v) is 5.81. The second-order valence-electron chi connectivity index (χ2n) is 2.79. The highest BCUT2D eigenvalue weighted by atomic mass is 35.5. The molecule has 1 aliphatic rings. The molecule has 1 fully saturated rings. The molecule has 0 aliphatic carbocycles. The van der Waals surface area contributed by atoms with Gasteiger partial charge in [0.05, 0.1) is 0 Å². The Hall–Kier alpha value is -0.0900. The van der Waals surface area contributed by atoms with Gasteiger partial charge in [0.25, 0.3) is 0 Å². The lowest BCUT2D eigenvalue weighted by Gasteiger charge is -2.27. The van der Waals surface area contributed by atoms with E-state index in [9.17, 15) is 9.00 Å². The van der Waals surface area contributed by atoms with Crippen LogP contribution < -0.4 is 0 Å². The molecule has 0 saturated carbocycles. The van der Waals surface area contributed by atoms with Gasteiger partial charge in [-0.15, -0.1) is 11.6 Å². The molecule has 5 heteroatoms. The first-order chi connectivity index (χ1) is 5.61. The molecule has 1 atom stereocenters. The molecule has 0 spiro atoms. The molecule has 1 unspecified atom stereocenters. The molecule has 1 heterocycles. The van der Waals surface area contributed by atoms with Crippen molar-refractivity contribution in [2.75, 3.05) is 24.6 Å². The number of amides is 1. The van der Waals surface area contributed by atoms with E-state index < -0.39 is 16.2 Å². The van der Waals surface area contributed by atoms with Crippen LogP contribution in [0.5, 0.6) is 0 Å². The summed E-state index contributed by atoms with van der Waals surface area (Å²) in [6.07, 6.45) is 0. The smallest absolute Gasteiger partial charge is 0.240 e. The van der Waals surface area contributed by atoms with E-state index in [0.717, 1.165) is 0 Å². The normalized spacial score (nSPS) is 22.3. The van der Waals surface area contributed by atoms with E-state index in [1.807, 2.05) is 0 Å². The molecule has 0 bridgehead atoms. The maximum absolute atomic E-state index is 11.3. The summed E-state index contributed by atoms with van der Waals surface area (Å²) in [5.74, 6) is 1.14. The van der Waals surface area contributed by atoms with Gasteiger partial charge in [0.15, 0.2) is 0 Å². The highest BCUT2D eigenvalue weighted by Gasteiger charge is 2.22. The largest absolute Gasteiger partial charge is 0.340 e. The monoisotopic (exact) mass is 209 g/mol. The summed E-state index contributed by atoms with van der Waals surface area (Å²) in [6, 6.07) is 0. The number of nitrogens with zero attached hydrogens (tertiary/aromatic N) is 1. The molecule has 1 aliphatic heterocycles. The van der Waals surface area contributed by atoms with Gasteiger partial charge in [0.1, 0.15) is 5.38 Å². The van der Waals surface area contributed by atoms with Gasteiger partial charge in [-0.2, -0.15) is 0 Å². The number of rotatable bonds is 1. The fourth-order valence-corrected chi connectivity index (χ4v) is 2.30. The van der Waals surface area contributed by atoms with Crippen molar-refractivity contribution in [3.8, 4) is 0 Å². The van der Waals surface area contributed by atoms with Crippen molar-refractivity contribution < 1.29 is 9.00 Å². The Labute approximate surface area is 79.5 Å². The van der Waals surface area contributed by atoms with Gasteiger partial charge in [-0.1, -0.05) is 0 Å². The second-order valence-corrected chi connectivity index (χ2v) is 5.14. The molecule has 0 aromatic rings. The highest BCUT2D eigenvalue weighted by molar-refractivity contribution is 7.85. The zero-order valence-electron chi connectivity index (χ0n) is 6.96. The van der Waals surface area contributed by atoms with Crippen molar-refractivity contribution in [2.45, 2.75) is 12.3 Å². The van der Waals surface area contributed by atoms with Crippen molar-refractivity contribution in [1.82, 2.24) is 4.90 Å². The fourth-order valence-electron chi connectivity index (χ4n) is 1.11. The van der Waals surface area contributed by atoms with Crippen LogP contribution in [0.2, 0.25) is 0 Å². The van der Waals surface area contributed by atoms with Crippen LogP contribution in [0.3, 0.4) is 0 Å². The Balaban J connectivity index is 2.44. The van der Waals surface area contributed by atoms with Crippen LogP contribution in [-0.2, 0) is 15.6 Å². The van der Waals surface area contributed by atoms with E-state index in [0.29, 0.717) is 24.6 Å². The van der Waals surface area contributed by atoms with E-state index in [2.05, 4.69) is 0 Å². The number of alkyl halides is 1. The van der Waals surface area contributed by atoms with Crippen LogP contribution in [0.15, 0.2) is 0 Å². The lowest BCUT2D eigenvalue weighted by Crippen LogP contribution is -2.44. The topological polar surface area (TPSA) is 37.4 Å². The van der Waals surface area contributed by atoms with E-state index >= 15 is 0 Å². The number of hydrogen-bond donors (Lipinski definition) is 0. The summed E-state index contributed by atoms with van der Waals surface area (Å²) in [4.78, 5) is 13.0. The summed E-state index contributed by atoms with van der Waals surface area (Å²) in [7, 11) is -0.728. The predicted molar refractivity (Wildman–Crippen MR) is 49.8 cm³/mol. The third-order valence-corrected chi connectivity index (χ3v) is 3.29. The summed E-state index contributed by atoms with van der Waals surface area (Å²) in [5.41, 5.74) is 0. The number of hydrogen-bond acceptors (Lipinski definition) is 2. The summed E-state index contributed by atoms with van der Waals surface area (Å²) in [6.45, 7) is 2.83. The average molecular weight is 210 g/mol. The third kappa shape index (κ3) is 2.45. The zero-order valence-corrected chi connectivity index (χ0v) is 8.53. The van der Waals surface area contributed by atoms with E-state index in [1.54, 1.807) is 11.8 Å². The Morgan fingerprint density at radius 2 is 2.00 bits per heavy atom. The van der Waals surface area contributed by atoms with E-state index in [4.69, 9.17) is 11.6 Å². The maximum atomic E-state index is 11.3. The number of carbonyl (C=O) groups is 1. The number of halogens is 1. The van der Waals surface area contributed by atoms with Crippen LogP contribution >= 0.6 is 11.6 Å². The second kappa shape index (κ2) is 4.23. The first kappa shape index (κ1) is 9.99. The molecular formula is C7H12ClNO2S. The molecular weight excluding hydrogens is 198 g/mol. The van der Waals surface area contributed by atoms with Crippen molar-refractivity contribution in [2.24, 2.45) is 0 Å². The average Bonchev–Trinajstić information content (AvgIpc) is 2.04. The van der Waals surface area contributed by atoms with Crippen LogP contribution in [-0.4, -0.2) is 45.0 Å². The Kier molecular flexibility index (Phi) is 3.53.